The highest BCUT2D eigenvalue weighted by Gasteiger charge is 2.01. The van der Waals surface area contributed by atoms with E-state index < -0.39 is 0 Å². The molecule has 0 radical (unpaired) electrons. The highest BCUT2D eigenvalue weighted by molar-refractivity contribution is 7.80. The Morgan fingerprint density at radius 3 is 2.67 bits per heavy atom. The normalized spacial score (nSPS) is 18.9. The van der Waals surface area contributed by atoms with E-state index in [0.29, 0.717) is 0 Å². The van der Waals surface area contributed by atoms with Gasteiger partial charge in [0.1, 0.15) is 0 Å². The first kappa shape index (κ1) is 7.23. The molecule has 0 aromatic rings. The maximum absolute atomic E-state index is 5.73. The Kier molecular flexibility index (Phi) is 2.67. The lowest BCUT2D eigenvalue weighted by Crippen LogP contribution is -1.90. The molecule has 0 amide bonds. The molecule has 1 aliphatic rings. The zero-order valence-electron chi connectivity index (χ0n) is 5.10. The molecule has 0 spiro atoms. The molecule has 2 heteroatoms. The number of rotatable bonds is 1. The SMILES string of the molecule is SCC1=CC=C(Cl)CC1. The van der Waals surface area contributed by atoms with E-state index >= 15 is 0 Å². The lowest BCUT2D eigenvalue weighted by Gasteiger charge is -2.06. The first-order valence-corrected chi connectivity index (χ1v) is 3.99. The third kappa shape index (κ3) is 2.07. The summed E-state index contributed by atoms with van der Waals surface area (Å²) >= 11 is 9.88. The molecular formula is C7H9ClS. The maximum atomic E-state index is 5.73. The molecule has 0 atom stereocenters. The summed E-state index contributed by atoms with van der Waals surface area (Å²) in [5.41, 5.74) is 1.38. The number of hydrogen-bond acceptors (Lipinski definition) is 1. The zero-order chi connectivity index (χ0) is 6.69. The third-order valence-corrected chi connectivity index (χ3v) is 2.11. The van der Waals surface area contributed by atoms with Crippen molar-refractivity contribution in [3.63, 3.8) is 0 Å². The molecule has 1 rings (SSSR count). The van der Waals surface area contributed by atoms with Gasteiger partial charge in [0.05, 0.1) is 0 Å². The van der Waals surface area contributed by atoms with Gasteiger partial charge in [-0.2, -0.15) is 12.6 Å². The van der Waals surface area contributed by atoms with Crippen molar-refractivity contribution >= 4 is 24.2 Å². The van der Waals surface area contributed by atoms with Crippen LogP contribution in [-0.2, 0) is 0 Å². The van der Waals surface area contributed by atoms with Crippen molar-refractivity contribution in [1.82, 2.24) is 0 Å². The van der Waals surface area contributed by atoms with E-state index in [1.165, 1.54) is 5.57 Å². The van der Waals surface area contributed by atoms with Gasteiger partial charge in [-0.3, -0.25) is 0 Å². The van der Waals surface area contributed by atoms with Gasteiger partial charge in [-0.1, -0.05) is 23.3 Å². The first-order valence-electron chi connectivity index (χ1n) is 2.98. The summed E-state index contributed by atoms with van der Waals surface area (Å²) in [6, 6.07) is 0. The van der Waals surface area contributed by atoms with Crippen LogP contribution in [0.4, 0.5) is 0 Å². The number of hydrogen-bond donors (Lipinski definition) is 1. The van der Waals surface area contributed by atoms with Crippen LogP contribution in [0.25, 0.3) is 0 Å². The highest BCUT2D eigenvalue weighted by Crippen LogP contribution is 2.20. The third-order valence-electron chi connectivity index (χ3n) is 1.39. The summed E-state index contributed by atoms with van der Waals surface area (Å²) in [6.07, 6.45) is 6.09. The van der Waals surface area contributed by atoms with Gasteiger partial charge in [-0.15, -0.1) is 0 Å². The molecule has 0 heterocycles. The fourth-order valence-corrected chi connectivity index (χ4v) is 1.21. The second-order valence-electron chi connectivity index (χ2n) is 2.10. The molecule has 0 nitrogen and oxygen atoms in total. The van der Waals surface area contributed by atoms with Crippen LogP contribution in [0.15, 0.2) is 22.8 Å². The number of allylic oxidation sites excluding steroid dienone is 3. The second-order valence-corrected chi connectivity index (χ2v) is 2.90. The Morgan fingerprint density at radius 1 is 1.44 bits per heavy atom. The Morgan fingerprint density at radius 2 is 2.22 bits per heavy atom. The molecule has 0 aliphatic heterocycles. The average molecular weight is 161 g/mol. The van der Waals surface area contributed by atoms with E-state index in [-0.39, 0.29) is 0 Å². The molecule has 0 fully saturated rings. The molecule has 0 N–H and O–H groups in total. The molecule has 0 aromatic heterocycles. The van der Waals surface area contributed by atoms with Gasteiger partial charge in [-0.05, 0) is 18.9 Å². The first-order chi connectivity index (χ1) is 4.33. The van der Waals surface area contributed by atoms with Crippen LogP contribution in [0, 0.1) is 0 Å². The fourth-order valence-electron chi connectivity index (χ4n) is 0.787. The molecular weight excluding hydrogens is 152 g/mol. The van der Waals surface area contributed by atoms with Crippen molar-refractivity contribution in [2.75, 3.05) is 5.75 Å². The van der Waals surface area contributed by atoms with Crippen LogP contribution in [-0.4, -0.2) is 5.75 Å². The lowest BCUT2D eigenvalue weighted by atomic mass is 10.1. The molecule has 9 heavy (non-hydrogen) atoms. The Hall–Kier alpha value is 0.120. The highest BCUT2D eigenvalue weighted by atomic mass is 35.5. The summed E-state index contributed by atoms with van der Waals surface area (Å²) in [5.74, 6) is 0.862. The van der Waals surface area contributed by atoms with Crippen LogP contribution >= 0.6 is 24.2 Å². The number of halogens is 1. The van der Waals surface area contributed by atoms with Crippen LogP contribution in [0.2, 0.25) is 0 Å². The van der Waals surface area contributed by atoms with E-state index in [2.05, 4.69) is 18.7 Å². The predicted molar refractivity (Wildman–Crippen MR) is 45.1 cm³/mol. The van der Waals surface area contributed by atoms with Crippen molar-refractivity contribution in [3.8, 4) is 0 Å². The predicted octanol–water partition coefficient (Wildman–Crippen LogP) is 2.76. The van der Waals surface area contributed by atoms with Gasteiger partial charge < -0.3 is 0 Å². The van der Waals surface area contributed by atoms with E-state index in [4.69, 9.17) is 11.6 Å². The van der Waals surface area contributed by atoms with Crippen molar-refractivity contribution in [1.29, 1.82) is 0 Å². The molecule has 0 saturated carbocycles. The summed E-state index contributed by atoms with van der Waals surface area (Å²) in [7, 11) is 0. The Balaban J connectivity index is 2.59. The largest absolute Gasteiger partial charge is 0.175 e. The molecule has 0 unspecified atom stereocenters. The standard InChI is InChI=1S/C7H9ClS/c8-7-3-1-6(5-9)2-4-7/h1,3,9H,2,4-5H2. The Labute approximate surface area is 66.0 Å². The van der Waals surface area contributed by atoms with Gasteiger partial charge >= 0.3 is 0 Å². The second kappa shape index (κ2) is 3.33. The van der Waals surface area contributed by atoms with Gasteiger partial charge in [-0.25, -0.2) is 0 Å². The zero-order valence-corrected chi connectivity index (χ0v) is 6.75. The summed E-state index contributed by atoms with van der Waals surface area (Å²) in [6.45, 7) is 0. The summed E-state index contributed by atoms with van der Waals surface area (Å²) < 4.78 is 0. The van der Waals surface area contributed by atoms with Crippen LogP contribution < -0.4 is 0 Å². The van der Waals surface area contributed by atoms with Crippen molar-refractivity contribution in [2.45, 2.75) is 12.8 Å². The van der Waals surface area contributed by atoms with E-state index in [1.807, 2.05) is 6.08 Å². The average Bonchev–Trinajstić information content (AvgIpc) is 1.90. The summed E-state index contributed by atoms with van der Waals surface area (Å²) in [4.78, 5) is 0. The van der Waals surface area contributed by atoms with Gasteiger partial charge in [0, 0.05) is 10.8 Å². The van der Waals surface area contributed by atoms with Crippen molar-refractivity contribution in [3.05, 3.63) is 22.8 Å². The van der Waals surface area contributed by atoms with Crippen LogP contribution in [0.3, 0.4) is 0 Å². The summed E-state index contributed by atoms with van der Waals surface area (Å²) in [5, 5.41) is 0.959. The van der Waals surface area contributed by atoms with E-state index in [1.54, 1.807) is 0 Å². The smallest absolute Gasteiger partial charge is 0.0184 e. The minimum Gasteiger partial charge on any atom is -0.175 e. The van der Waals surface area contributed by atoms with Crippen LogP contribution in [0.5, 0.6) is 0 Å². The lowest BCUT2D eigenvalue weighted by molar-refractivity contribution is 0.952. The number of thiol groups is 1. The van der Waals surface area contributed by atoms with Crippen molar-refractivity contribution in [2.24, 2.45) is 0 Å². The monoisotopic (exact) mass is 160 g/mol. The fraction of sp³-hybridized carbons (Fsp3) is 0.429. The quantitative estimate of drug-likeness (QED) is 0.561. The molecule has 0 saturated heterocycles. The topological polar surface area (TPSA) is 0 Å². The van der Waals surface area contributed by atoms with Gasteiger partial charge in [0.2, 0.25) is 0 Å². The Bertz CT molecular complexity index is 158. The molecule has 1 aliphatic carbocycles. The van der Waals surface area contributed by atoms with E-state index in [0.717, 1.165) is 23.6 Å². The van der Waals surface area contributed by atoms with Gasteiger partial charge in [0.15, 0.2) is 0 Å². The minimum atomic E-state index is 0.862. The maximum Gasteiger partial charge on any atom is 0.0184 e. The van der Waals surface area contributed by atoms with Crippen LogP contribution in [0.1, 0.15) is 12.8 Å². The molecule has 0 aromatic carbocycles. The molecule has 0 bridgehead atoms. The van der Waals surface area contributed by atoms with Gasteiger partial charge in [0.25, 0.3) is 0 Å². The molecule has 50 valence electrons. The van der Waals surface area contributed by atoms with E-state index in [9.17, 15) is 0 Å². The minimum absolute atomic E-state index is 0.862. The van der Waals surface area contributed by atoms with Crippen molar-refractivity contribution < 1.29 is 0 Å².